The molecule has 2 heterocycles. The Morgan fingerprint density at radius 1 is 0.617 bits per heavy atom. The lowest BCUT2D eigenvalue weighted by molar-refractivity contribution is -0.351. The lowest BCUT2D eigenvalue weighted by atomic mass is 9.83. The first-order valence-corrected chi connectivity index (χ1v) is 18.4. The van der Waals surface area contributed by atoms with Gasteiger partial charge in [0, 0.05) is 54.4 Å². The third-order valence-corrected chi connectivity index (χ3v) is 9.09. The number of benzene rings is 1. The molecule has 0 amide bonds. The molecule has 4 rings (SSSR count). The fourth-order valence-electron chi connectivity index (χ4n) is 7.04. The Labute approximate surface area is 343 Å². The van der Waals surface area contributed by atoms with Crippen LogP contribution in [0, 0.1) is 11.8 Å². The van der Waals surface area contributed by atoms with Gasteiger partial charge in [0.25, 0.3) is 0 Å². The molecule has 328 valence electrons. The van der Waals surface area contributed by atoms with E-state index in [9.17, 15) is 43.2 Å². The van der Waals surface area contributed by atoms with Crippen molar-refractivity contribution < 1.29 is 100.0 Å². The van der Waals surface area contributed by atoms with E-state index in [1.165, 1.54) is 44.2 Å². The highest BCUT2D eigenvalue weighted by Crippen LogP contribution is 2.52. The summed E-state index contributed by atoms with van der Waals surface area (Å²) in [7, 11) is 0. The van der Waals surface area contributed by atoms with Crippen LogP contribution in [0.25, 0.3) is 0 Å². The number of ketones is 1. The van der Waals surface area contributed by atoms with Crippen molar-refractivity contribution in [1.29, 1.82) is 0 Å². The van der Waals surface area contributed by atoms with Crippen molar-refractivity contribution in [2.45, 2.75) is 110 Å². The van der Waals surface area contributed by atoms with Crippen LogP contribution in [0.5, 0.6) is 5.75 Å². The van der Waals surface area contributed by atoms with E-state index in [4.69, 9.17) is 56.8 Å². The van der Waals surface area contributed by atoms with E-state index in [0.717, 1.165) is 47.8 Å². The van der Waals surface area contributed by atoms with E-state index in [-0.39, 0.29) is 11.3 Å². The van der Waals surface area contributed by atoms with Crippen LogP contribution < -0.4 is 4.74 Å². The smallest absolute Gasteiger partial charge is 0.338 e. The lowest BCUT2D eigenvalue weighted by Crippen LogP contribution is -2.64. The minimum atomic E-state index is -2.13. The van der Waals surface area contributed by atoms with Gasteiger partial charge in [-0.2, -0.15) is 0 Å². The normalized spacial score (nSPS) is 29.0. The van der Waals surface area contributed by atoms with Crippen LogP contribution in [0.2, 0.25) is 0 Å². The first-order chi connectivity index (χ1) is 28.2. The molecule has 1 aromatic rings. The van der Waals surface area contributed by atoms with E-state index < -0.39 is 140 Å². The van der Waals surface area contributed by atoms with Gasteiger partial charge in [0.2, 0.25) is 12.6 Å². The zero-order chi connectivity index (χ0) is 44.5. The molecule has 11 atom stereocenters. The van der Waals surface area contributed by atoms with Crippen molar-refractivity contribution in [3.63, 3.8) is 0 Å². The second kappa shape index (κ2) is 20.4. The summed E-state index contributed by atoms with van der Waals surface area (Å²) in [5, 5.41) is 0. The fourth-order valence-corrected chi connectivity index (χ4v) is 7.04. The number of fused-ring (bicyclic) bond motifs is 1. The Kier molecular flexibility index (Phi) is 15.9. The molecule has 60 heavy (non-hydrogen) atoms. The molecule has 2 fully saturated rings. The van der Waals surface area contributed by atoms with Crippen molar-refractivity contribution in [3.05, 3.63) is 42.2 Å². The van der Waals surface area contributed by atoms with Gasteiger partial charge in [-0.3, -0.25) is 38.4 Å². The van der Waals surface area contributed by atoms with E-state index in [0.29, 0.717) is 0 Å². The summed E-state index contributed by atoms with van der Waals surface area (Å²) in [6, 6.07) is 5.29. The molecule has 0 N–H and O–H groups in total. The maximum atomic E-state index is 13.8. The molecule has 1 aliphatic carbocycles. The number of carbonyl (C=O) groups excluding carboxylic acids is 9. The number of ether oxygens (including phenoxy) is 12. The number of rotatable bonds is 16. The predicted octanol–water partition coefficient (Wildman–Crippen LogP) is 1.19. The van der Waals surface area contributed by atoms with Crippen LogP contribution in [-0.2, 0) is 90.5 Å². The second-order valence-corrected chi connectivity index (χ2v) is 13.9. The molecule has 0 bridgehead atoms. The molecular weight excluding hydrogens is 804 g/mol. The van der Waals surface area contributed by atoms with E-state index in [1.807, 2.05) is 0 Å². The van der Waals surface area contributed by atoms with Crippen molar-refractivity contribution >= 4 is 53.5 Å². The minimum Gasteiger partial charge on any atom is -0.472 e. The molecule has 0 radical (unpaired) electrons. The van der Waals surface area contributed by atoms with Crippen molar-refractivity contribution in [1.82, 2.24) is 0 Å². The van der Waals surface area contributed by atoms with Crippen LogP contribution in [0.3, 0.4) is 0 Å². The van der Waals surface area contributed by atoms with E-state index in [2.05, 4.69) is 0 Å². The predicted molar refractivity (Wildman–Crippen MR) is 193 cm³/mol. The molecule has 0 spiro atoms. The largest absolute Gasteiger partial charge is 0.472 e. The Morgan fingerprint density at radius 3 is 1.75 bits per heavy atom. The molecule has 0 unspecified atom stereocenters. The monoisotopic (exact) mass is 850 g/mol. The van der Waals surface area contributed by atoms with Crippen LogP contribution in [-0.4, -0.2) is 128 Å². The van der Waals surface area contributed by atoms with Crippen molar-refractivity contribution in [2.24, 2.45) is 11.8 Å². The molecule has 21 heteroatoms. The van der Waals surface area contributed by atoms with Crippen LogP contribution in [0.4, 0.5) is 0 Å². The molecule has 1 saturated carbocycles. The summed E-state index contributed by atoms with van der Waals surface area (Å²) in [4.78, 5) is 112. The SMILES string of the molecule is CC(=O)CO[C@]1(COC(C)=O)[C@H]2[C@@H](O[C@@H]3O[C@H](COC(C)=O)[C@@H](OC(C)=O)[C@H](OC(C)=O)[C@H]3OC(C)=O)OC=C[C@H]2[C@H](OC(=O)c2ccc(OC(C)=O)cc2)[C@H]1OC(C)=O. The van der Waals surface area contributed by atoms with Gasteiger partial charge in [0.15, 0.2) is 35.8 Å². The van der Waals surface area contributed by atoms with Gasteiger partial charge in [0.1, 0.15) is 37.8 Å². The lowest BCUT2D eigenvalue weighted by Gasteiger charge is -2.47. The summed E-state index contributed by atoms with van der Waals surface area (Å²) in [6.45, 7) is 6.67. The van der Waals surface area contributed by atoms with E-state index in [1.54, 1.807) is 0 Å². The van der Waals surface area contributed by atoms with Gasteiger partial charge in [-0.15, -0.1) is 0 Å². The molecule has 1 saturated heterocycles. The van der Waals surface area contributed by atoms with Gasteiger partial charge in [-0.05, 0) is 37.3 Å². The minimum absolute atomic E-state index is 0.0347. The number of hydrogen-bond donors (Lipinski definition) is 0. The highest BCUT2D eigenvalue weighted by atomic mass is 16.8. The Hall–Kier alpha value is -5.93. The van der Waals surface area contributed by atoms with Gasteiger partial charge >= 0.3 is 47.8 Å². The molecule has 21 nitrogen and oxygen atoms in total. The molecule has 2 aliphatic heterocycles. The summed E-state index contributed by atoms with van der Waals surface area (Å²) in [6.07, 6.45) is -10.5. The second-order valence-electron chi connectivity index (χ2n) is 13.9. The molecule has 1 aromatic carbocycles. The number of Topliss-reactive ketones (excluding diaryl/α,β-unsaturated/α-hetero) is 1. The van der Waals surface area contributed by atoms with Crippen LogP contribution >= 0.6 is 0 Å². The topological polar surface area (TPSA) is 264 Å². The van der Waals surface area contributed by atoms with Crippen molar-refractivity contribution in [2.75, 3.05) is 19.8 Å². The van der Waals surface area contributed by atoms with Gasteiger partial charge in [-0.1, -0.05) is 0 Å². The Morgan fingerprint density at radius 2 is 1.20 bits per heavy atom. The number of esters is 8. The maximum Gasteiger partial charge on any atom is 0.338 e. The first-order valence-electron chi connectivity index (χ1n) is 18.4. The summed E-state index contributed by atoms with van der Waals surface area (Å²) in [5.74, 6) is -9.71. The molecule has 0 aromatic heterocycles. The highest BCUT2D eigenvalue weighted by molar-refractivity contribution is 5.90. The highest BCUT2D eigenvalue weighted by Gasteiger charge is 2.69. The third-order valence-electron chi connectivity index (χ3n) is 9.09. The van der Waals surface area contributed by atoms with Gasteiger partial charge in [-0.25, -0.2) is 4.79 Å². The summed E-state index contributed by atoms with van der Waals surface area (Å²) >= 11 is 0. The molecule has 3 aliphatic rings. The maximum absolute atomic E-state index is 13.8. The first kappa shape index (κ1) is 46.8. The van der Waals surface area contributed by atoms with Crippen LogP contribution in [0.15, 0.2) is 36.6 Å². The third kappa shape index (κ3) is 11.8. The Balaban J connectivity index is 1.87. The zero-order valence-electron chi connectivity index (χ0n) is 33.9. The molecular formula is C39H46O21. The Bertz CT molecular complexity index is 1820. The van der Waals surface area contributed by atoms with E-state index >= 15 is 0 Å². The standard InChI is InChI=1S/C39H46O21/c1-18(40)15-52-39(17-51-20(3)42)30-28(31(35(39)57-25(8)47)59-36(48)26-9-11-27(12-10-26)53-21(4)43)13-14-49-37(30)60-38-34(56-24(7)46)33(55-23(6)45)32(54-22(5)44)29(58-38)16-50-19(2)41/h9-14,28-35,37-38H,15-17H2,1-8H3/t28-,29-,30-,31+,32-,33+,34-,35-,37-,38+,39-/m1/s1. The number of carbonyl (C=O) groups is 9. The number of hydrogen-bond acceptors (Lipinski definition) is 21. The van der Waals surface area contributed by atoms with Gasteiger partial charge < -0.3 is 56.8 Å². The summed E-state index contributed by atoms with van der Waals surface area (Å²) < 4.78 is 68.7. The van der Waals surface area contributed by atoms with Gasteiger partial charge in [0.05, 0.1) is 17.7 Å². The quantitative estimate of drug-likeness (QED) is 0.128. The summed E-state index contributed by atoms with van der Waals surface area (Å²) in [5.41, 5.74) is -2.17. The fraction of sp³-hybridized carbons (Fsp3) is 0.564. The average molecular weight is 851 g/mol. The zero-order valence-corrected chi connectivity index (χ0v) is 33.9. The van der Waals surface area contributed by atoms with Crippen molar-refractivity contribution in [3.8, 4) is 5.75 Å². The van der Waals surface area contributed by atoms with Crippen LogP contribution in [0.1, 0.15) is 65.7 Å². The average Bonchev–Trinajstić information content (AvgIpc) is 3.39.